The molecule has 0 saturated heterocycles. The summed E-state index contributed by atoms with van der Waals surface area (Å²) in [6.45, 7) is 0. The van der Waals surface area contributed by atoms with Crippen LogP contribution in [0.4, 0.5) is 4.79 Å². The van der Waals surface area contributed by atoms with Gasteiger partial charge in [-0.3, -0.25) is 9.59 Å². The van der Waals surface area contributed by atoms with Crippen LogP contribution in [0.3, 0.4) is 0 Å². The Kier molecular flexibility index (Phi) is 7.84. The van der Waals surface area contributed by atoms with Crippen LogP contribution in [-0.4, -0.2) is 28.2 Å². The lowest BCUT2D eigenvalue weighted by atomic mass is 10.3. The first-order valence-electron chi connectivity index (χ1n) is 2.84. The Morgan fingerprint density at radius 1 is 0.917 bits per heavy atom. The largest absolute Gasteiger partial charge is 0.481 e. The third kappa shape index (κ3) is 41.4. The van der Waals surface area contributed by atoms with Gasteiger partial charge in [-0.2, -0.15) is 0 Å². The van der Waals surface area contributed by atoms with E-state index in [9.17, 15) is 9.59 Å². The molecule has 7 nitrogen and oxygen atoms in total. The number of carboxylic acid groups (broad SMARTS) is 2. The molecule has 12 heavy (non-hydrogen) atoms. The molecule has 0 aliphatic carbocycles. The van der Waals surface area contributed by atoms with Crippen LogP contribution < -0.4 is 11.5 Å². The first kappa shape index (κ1) is 12.8. The van der Waals surface area contributed by atoms with Gasteiger partial charge in [0.15, 0.2) is 0 Å². The number of hydrogen-bond acceptors (Lipinski definition) is 3. The maximum absolute atomic E-state index is 9.64. The van der Waals surface area contributed by atoms with Gasteiger partial charge in [-0.25, -0.2) is 4.79 Å². The number of nitrogens with two attached hydrogens (primary N) is 2. The molecule has 0 unspecified atom stereocenters. The lowest BCUT2D eigenvalue weighted by Crippen LogP contribution is -2.18. The Balaban J connectivity index is 0. The number of carbonyl (C=O) groups excluding carboxylic acids is 1. The van der Waals surface area contributed by atoms with Crippen molar-refractivity contribution >= 4 is 18.0 Å². The van der Waals surface area contributed by atoms with Gasteiger partial charge in [0, 0.05) is 0 Å². The maximum atomic E-state index is 9.64. The van der Waals surface area contributed by atoms with Crippen LogP contribution in [0.25, 0.3) is 0 Å². The second-order valence-electron chi connectivity index (χ2n) is 1.69. The van der Waals surface area contributed by atoms with Gasteiger partial charge in [-0.15, -0.1) is 0 Å². The Hall–Kier alpha value is -1.79. The molecule has 0 atom stereocenters. The summed E-state index contributed by atoms with van der Waals surface area (Å²) in [6.07, 6.45) is -0.593. The molecule has 2 amide bonds. The average Bonchev–Trinajstić information content (AvgIpc) is 1.82. The van der Waals surface area contributed by atoms with Crippen LogP contribution >= 0.6 is 0 Å². The summed E-state index contributed by atoms with van der Waals surface area (Å²) >= 11 is 0. The lowest BCUT2D eigenvalue weighted by Gasteiger charge is -1.85. The average molecular weight is 178 g/mol. The van der Waals surface area contributed by atoms with Crippen molar-refractivity contribution in [2.24, 2.45) is 11.5 Å². The van der Waals surface area contributed by atoms with Gasteiger partial charge in [-0.1, -0.05) is 0 Å². The van der Waals surface area contributed by atoms with E-state index in [4.69, 9.17) is 15.0 Å². The van der Waals surface area contributed by atoms with Crippen LogP contribution in [-0.2, 0) is 9.59 Å². The number of aliphatic carboxylic acids is 2. The van der Waals surface area contributed by atoms with E-state index < -0.39 is 18.0 Å². The zero-order valence-electron chi connectivity index (χ0n) is 6.19. The first-order chi connectivity index (χ1) is 5.36. The van der Waals surface area contributed by atoms with Crippen molar-refractivity contribution in [1.29, 1.82) is 0 Å². The fourth-order valence-corrected chi connectivity index (χ4v) is 0.214. The molecule has 70 valence electrons. The molecular formula is C5H10N2O5. The molecule has 7 heteroatoms. The molecule has 0 bridgehead atoms. The van der Waals surface area contributed by atoms with Crippen LogP contribution in [0.15, 0.2) is 0 Å². The molecule has 0 aromatic heterocycles. The van der Waals surface area contributed by atoms with Crippen LogP contribution in [0.5, 0.6) is 0 Å². The molecule has 6 N–H and O–H groups in total. The minimum atomic E-state index is -1.08. The summed E-state index contributed by atoms with van der Waals surface area (Å²) in [5.74, 6) is -2.15. The zero-order chi connectivity index (χ0) is 10.1. The molecule has 0 rings (SSSR count). The van der Waals surface area contributed by atoms with E-state index in [-0.39, 0.29) is 12.8 Å². The molecule has 0 aliphatic heterocycles. The van der Waals surface area contributed by atoms with Crippen molar-refractivity contribution in [3.8, 4) is 0 Å². The predicted molar refractivity (Wildman–Crippen MR) is 38.3 cm³/mol. The molecule has 0 aromatic rings. The molecule has 0 spiro atoms. The van der Waals surface area contributed by atoms with Gasteiger partial charge in [0.2, 0.25) is 0 Å². The van der Waals surface area contributed by atoms with E-state index in [1.54, 1.807) is 0 Å². The second-order valence-corrected chi connectivity index (χ2v) is 1.69. The Morgan fingerprint density at radius 2 is 1.08 bits per heavy atom. The third-order valence-electron chi connectivity index (χ3n) is 0.553. The topological polar surface area (TPSA) is 144 Å². The Labute approximate surface area is 68.0 Å². The monoisotopic (exact) mass is 178 g/mol. The van der Waals surface area contributed by atoms with Crippen molar-refractivity contribution in [1.82, 2.24) is 0 Å². The first-order valence-corrected chi connectivity index (χ1v) is 2.84. The molecule has 0 radical (unpaired) electrons. The number of hydrogen-bond donors (Lipinski definition) is 4. The highest BCUT2D eigenvalue weighted by Gasteiger charge is 2.00. The minimum absolute atomic E-state index is 0.296. The standard InChI is InChI=1S/C4H6O4.CH4N2O/c5-3(6)1-2-4(7)8;2-1(3)4/h1-2H2,(H,5,6)(H,7,8);(H4,2,3,4). The number of carboxylic acids is 2. The molecule has 0 aliphatic rings. The minimum Gasteiger partial charge on any atom is -0.481 e. The Bertz CT molecular complexity index is 161. The summed E-state index contributed by atoms with van der Waals surface area (Å²) in [4.78, 5) is 28.3. The quantitative estimate of drug-likeness (QED) is 0.436. The molecule has 0 fully saturated rings. The fourth-order valence-electron chi connectivity index (χ4n) is 0.214. The van der Waals surface area contributed by atoms with E-state index in [0.29, 0.717) is 0 Å². The highest BCUT2D eigenvalue weighted by molar-refractivity contribution is 5.75. The predicted octanol–water partition coefficient (Wildman–Crippen LogP) is -1.04. The lowest BCUT2D eigenvalue weighted by molar-refractivity contribution is -0.143. The number of urea groups is 1. The molecule has 0 aromatic carbocycles. The van der Waals surface area contributed by atoms with E-state index in [1.165, 1.54) is 0 Å². The molecular weight excluding hydrogens is 168 g/mol. The van der Waals surface area contributed by atoms with Gasteiger partial charge in [0.25, 0.3) is 0 Å². The highest BCUT2D eigenvalue weighted by Crippen LogP contribution is 1.85. The zero-order valence-corrected chi connectivity index (χ0v) is 6.19. The van der Waals surface area contributed by atoms with Gasteiger partial charge < -0.3 is 21.7 Å². The second kappa shape index (κ2) is 7.32. The Morgan fingerprint density at radius 3 is 1.17 bits per heavy atom. The van der Waals surface area contributed by atoms with Crippen LogP contribution in [0, 0.1) is 0 Å². The van der Waals surface area contributed by atoms with E-state index in [2.05, 4.69) is 11.5 Å². The van der Waals surface area contributed by atoms with Crippen molar-refractivity contribution in [3.63, 3.8) is 0 Å². The number of primary amides is 2. The van der Waals surface area contributed by atoms with E-state index in [1.807, 2.05) is 0 Å². The van der Waals surface area contributed by atoms with E-state index >= 15 is 0 Å². The van der Waals surface area contributed by atoms with Crippen LogP contribution in [0.2, 0.25) is 0 Å². The molecule has 0 heterocycles. The van der Waals surface area contributed by atoms with Crippen molar-refractivity contribution < 1.29 is 24.6 Å². The smallest absolute Gasteiger partial charge is 0.309 e. The summed E-state index contributed by atoms with van der Waals surface area (Å²) in [6, 6.07) is -0.833. The van der Waals surface area contributed by atoms with Gasteiger partial charge in [0.05, 0.1) is 12.8 Å². The van der Waals surface area contributed by atoms with Crippen molar-refractivity contribution in [2.45, 2.75) is 12.8 Å². The van der Waals surface area contributed by atoms with Gasteiger partial charge >= 0.3 is 18.0 Å². The fraction of sp³-hybridized carbons (Fsp3) is 0.400. The van der Waals surface area contributed by atoms with Crippen molar-refractivity contribution in [2.75, 3.05) is 0 Å². The van der Waals surface area contributed by atoms with Gasteiger partial charge in [0.1, 0.15) is 0 Å². The normalized spacial score (nSPS) is 7.67. The number of carbonyl (C=O) groups is 3. The number of amides is 2. The summed E-state index contributed by atoms with van der Waals surface area (Å²) < 4.78 is 0. The maximum Gasteiger partial charge on any atom is 0.309 e. The highest BCUT2D eigenvalue weighted by atomic mass is 16.4. The summed E-state index contributed by atoms with van der Waals surface area (Å²) in [7, 11) is 0. The van der Waals surface area contributed by atoms with Crippen LogP contribution in [0.1, 0.15) is 12.8 Å². The summed E-state index contributed by atoms with van der Waals surface area (Å²) in [5.41, 5.74) is 8.50. The van der Waals surface area contributed by atoms with E-state index in [0.717, 1.165) is 0 Å². The number of rotatable bonds is 3. The van der Waals surface area contributed by atoms with Crippen molar-refractivity contribution in [3.05, 3.63) is 0 Å². The summed E-state index contributed by atoms with van der Waals surface area (Å²) in [5, 5.41) is 15.8. The third-order valence-corrected chi connectivity index (χ3v) is 0.553. The molecule has 0 saturated carbocycles. The van der Waals surface area contributed by atoms with Gasteiger partial charge in [-0.05, 0) is 0 Å². The SMILES string of the molecule is NC(N)=O.O=C(O)CCC(=O)O.